The summed E-state index contributed by atoms with van der Waals surface area (Å²) in [4.78, 5) is 18.8. The van der Waals surface area contributed by atoms with Gasteiger partial charge in [-0.25, -0.2) is 9.78 Å². The molecule has 7 nitrogen and oxygen atoms in total. The third-order valence-electron chi connectivity index (χ3n) is 6.35. The SMILES string of the molecule is CCc1nn2c(N3CCOCC3)cc(C)nc2c1Cc1ccc(-c2ccccc2C(=O)O)cc1. The Morgan fingerprint density at radius 1 is 1.09 bits per heavy atom. The summed E-state index contributed by atoms with van der Waals surface area (Å²) in [6.45, 7) is 7.27. The van der Waals surface area contributed by atoms with Crippen LogP contribution in [0.4, 0.5) is 5.82 Å². The molecule has 0 aliphatic carbocycles. The number of anilines is 1. The van der Waals surface area contributed by atoms with E-state index >= 15 is 0 Å². The second-order valence-electron chi connectivity index (χ2n) is 8.59. The fourth-order valence-corrected chi connectivity index (χ4v) is 4.62. The van der Waals surface area contributed by atoms with Crippen LogP contribution in [-0.4, -0.2) is 52.0 Å². The molecule has 7 heteroatoms. The van der Waals surface area contributed by atoms with Gasteiger partial charge in [0.15, 0.2) is 5.65 Å². The number of benzene rings is 2. The Kier molecular flexibility index (Phi) is 6.02. The number of aromatic nitrogens is 3. The second-order valence-corrected chi connectivity index (χ2v) is 8.59. The first-order valence-corrected chi connectivity index (χ1v) is 11.7. The molecule has 0 spiro atoms. The summed E-state index contributed by atoms with van der Waals surface area (Å²) in [7, 11) is 0. The predicted octanol–water partition coefficient (Wildman–Crippen LogP) is 4.39. The molecule has 4 aromatic rings. The zero-order chi connectivity index (χ0) is 23.7. The molecule has 0 amide bonds. The van der Waals surface area contributed by atoms with Crippen molar-refractivity contribution in [3.8, 4) is 11.1 Å². The van der Waals surface area contributed by atoms with E-state index in [0.29, 0.717) is 12.0 Å². The number of morpholine rings is 1. The number of carboxylic acid groups (broad SMARTS) is 1. The van der Waals surface area contributed by atoms with Gasteiger partial charge in [0.1, 0.15) is 5.82 Å². The molecule has 2 aromatic heterocycles. The van der Waals surface area contributed by atoms with Gasteiger partial charge in [-0.15, -0.1) is 0 Å². The van der Waals surface area contributed by atoms with Crippen LogP contribution in [0.25, 0.3) is 16.8 Å². The Hall–Kier alpha value is -3.71. The molecule has 0 radical (unpaired) electrons. The number of fused-ring (bicyclic) bond motifs is 1. The van der Waals surface area contributed by atoms with E-state index in [1.807, 2.05) is 35.7 Å². The summed E-state index contributed by atoms with van der Waals surface area (Å²) < 4.78 is 7.53. The number of aromatic carboxylic acids is 1. The van der Waals surface area contributed by atoms with Crippen LogP contribution < -0.4 is 4.90 Å². The number of nitrogens with zero attached hydrogens (tertiary/aromatic N) is 4. The van der Waals surface area contributed by atoms with Crippen LogP contribution in [0.3, 0.4) is 0 Å². The summed E-state index contributed by atoms with van der Waals surface area (Å²) in [6, 6.07) is 17.3. The summed E-state index contributed by atoms with van der Waals surface area (Å²) in [5.41, 5.74) is 7.11. The molecule has 2 aromatic carbocycles. The van der Waals surface area contributed by atoms with E-state index < -0.39 is 5.97 Å². The van der Waals surface area contributed by atoms with Crippen LogP contribution in [0, 0.1) is 6.92 Å². The van der Waals surface area contributed by atoms with Gasteiger partial charge in [-0.3, -0.25) is 0 Å². The Balaban J connectivity index is 1.50. The number of hydrogen-bond donors (Lipinski definition) is 1. The van der Waals surface area contributed by atoms with E-state index in [1.165, 1.54) is 0 Å². The average molecular weight is 457 g/mol. The average Bonchev–Trinajstić information content (AvgIpc) is 3.21. The van der Waals surface area contributed by atoms with Crippen molar-refractivity contribution in [3.63, 3.8) is 0 Å². The van der Waals surface area contributed by atoms with E-state index in [9.17, 15) is 9.90 Å². The summed E-state index contributed by atoms with van der Waals surface area (Å²) in [5, 5.41) is 14.5. The molecule has 1 aliphatic rings. The molecular formula is C27H28N4O3. The lowest BCUT2D eigenvalue weighted by Crippen LogP contribution is -2.37. The van der Waals surface area contributed by atoms with Crippen molar-refractivity contribution in [2.45, 2.75) is 26.7 Å². The maximum Gasteiger partial charge on any atom is 0.336 e. The van der Waals surface area contributed by atoms with Crippen molar-refractivity contribution in [1.82, 2.24) is 14.6 Å². The van der Waals surface area contributed by atoms with Crippen molar-refractivity contribution >= 4 is 17.4 Å². The molecule has 1 N–H and O–H groups in total. The van der Waals surface area contributed by atoms with E-state index in [1.54, 1.807) is 12.1 Å². The van der Waals surface area contributed by atoms with Gasteiger partial charge in [-0.05, 0) is 36.1 Å². The van der Waals surface area contributed by atoms with Gasteiger partial charge >= 0.3 is 5.97 Å². The van der Waals surface area contributed by atoms with Crippen LogP contribution in [0.5, 0.6) is 0 Å². The maximum absolute atomic E-state index is 11.6. The van der Waals surface area contributed by atoms with Crippen molar-refractivity contribution in [3.05, 3.63) is 82.7 Å². The highest BCUT2D eigenvalue weighted by molar-refractivity contribution is 5.96. The van der Waals surface area contributed by atoms with Gasteiger partial charge in [-0.2, -0.15) is 9.61 Å². The highest BCUT2D eigenvalue weighted by Crippen LogP contribution is 2.28. The number of carboxylic acids is 1. The predicted molar refractivity (Wildman–Crippen MR) is 132 cm³/mol. The Morgan fingerprint density at radius 3 is 2.53 bits per heavy atom. The molecule has 0 saturated carbocycles. The van der Waals surface area contributed by atoms with Crippen LogP contribution in [0.2, 0.25) is 0 Å². The zero-order valence-corrected chi connectivity index (χ0v) is 19.5. The first-order valence-electron chi connectivity index (χ1n) is 11.7. The normalized spacial score (nSPS) is 14.0. The lowest BCUT2D eigenvalue weighted by atomic mass is 9.97. The Morgan fingerprint density at radius 2 is 1.82 bits per heavy atom. The molecule has 3 heterocycles. The van der Waals surface area contributed by atoms with Crippen LogP contribution in [0.15, 0.2) is 54.6 Å². The Labute approximate surface area is 198 Å². The molecule has 5 rings (SSSR count). The number of ether oxygens (including phenoxy) is 1. The first-order chi connectivity index (χ1) is 16.5. The van der Waals surface area contributed by atoms with Gasteiger partial charge in [0.2, 0.25) is 0 Å². The minimum Gasteiger partial charge on any atom is -0.478 e. The van der Waals surface area contributed by atoms with Crippen molar-refractivity contribution in [1.29, 1.82) is 0 Å². The summed E-state index contributed by atoms with van der Waals surface area (Å²) >= 11 is 0. The molecule has 1 saturated heterocycles. The number of aryl methyl sites for hydroxylation is 2. The molecule has 174 valence electrons. The van der Waals surface area contributed by atoms with E-state index in [-0.39, 0.29) is 0 Å². The minimum absolute atomic E-state index is 0.307. The molecule has 0 bridgehead atoms. The minimum atomic E-state index is -0.920. The molecule has 0 unspecified atom stereocenters. The van der Waals surface area contributed by atoms with Gasteiger partial charge in [0, 0.05) is 36.8 Å². The third kappa shape index (κ3) is 4.15. The second kappa shape index (κ2) is 9.27. The van der Waals surface area contributed by atoms with Crippen LogP contribution >= 0.6 is 0 Å². The highest BCUT2D eigenvalue weighted by Gasteiger charge is 2.21. The number of carbonyl (C=O) groups is 1. The summed E-state index contributed by atoms with van der Waals surface area (Å²) in [5.74, 6) is 0.142. The van der Waals surface area contributed by atoms with E-state index in [4.69, 9.17) is 14.8 Å². The molecule has 34 heavy (non-hydrogen) atoms. The van der Waals surface area contributed by atoms with E-state index in [2.05, 4.69) is 30.0 Å². The van der Waals surface area contributed by atoms with Crippen molar-refractivity contribution in [2.24, 2.45) is 0 Å². The Bertz CT molecular complexity index is 1340. The highest BCUT2D eigenvalue weighted by atomic mass is 16.5. The topological polar surface area (TPSA) is 80.0 Å². The number of rotatable bonds is 6. The molecule has 0 atom stereocenters. The van der Waals surface area contributed by atoms with Crippen LogP contribution in [0.1, 0.15) is 39.8 Å². The monoisotopic (exact) mass is 456 g/mol. The number of hydrogen-bond acceptors (Lipinski definition) is 5. The molecule has 1 aliphatic heterocycles. The van der Waals surface area contributed by atoms with E-state index in [0.717, 1.165) is 77.8 Å². The van der Waals surface area contributed by atoms with Crippen molar-refractivity contribution < 1.29 is 14.6 Å². The van der Waals surface area contributed by atoms with Gasteiger partial charge in [0.05, 0.1) is 24.5 Å². The van der Waals surface area contributed by atoms with Gasteiger partial charge < -0.3 is 14.7 Å². The summed E-state index contributed by atoms with van der Waals surface area (Å²) in [6.07, 6.45) is 1.54. The maximum atomic E-state index is 11.6. The quantitative estimate of drug-likeness (QED) is 0.464. The van der Waals surface area contributed by atoms with Gasteiger partial charge in [0.25, 0.3) is 0 Å². The van der Waals surface area contributed by atoms with Crippen molar-refractivity contribution in [2.75, 3.05) is 31.2 Å². The van der Waals surface area contributed by atoms with Crippen LogP contribution in [-0.2, 0) is 17.6 Å². The standard InChI is InChI=1S/C27H28N4O3/c1-3-24-23(26-28-18(2)16-25(31(26)29-24)30-12-14-34-15-13-30)17-19-8-10-20(11-9-19)21-6-4-5-7-22(21)27(32)33/h4-11,16H,3,12-15,17H2,1-2H3,(H,32,33). The van der Waals surface area contributed by atoms with Gasteiger partial charge in [-0.1, -0.05) is 49.4 Å². The fraction of sp³-hybridized carbons (Fsp3) is 0.296. The zero-order valence-electron chi connectivity index (χ0n) is 19.5. The fourth-order valence-electron chi connectivity index (χ4n) is 4.62. The smallest absolute Gasteiger partial charge is 0.336 e. The lowest BCUT2D eigenvalue weighted by Gasteiger charge is -2.29. The largest absolute Gasteiger partial charge is 0.478 e. The first kappa shape index (κ1) is 22.1. The molecule has 1 fully saturated rings. The third-order valence-corrected chi connectivity index (χ3v) is 6.35. The lowest BCUT2D eigenvalue weighted by molar-refractivity contribution is 0.0697. The molecular weight excluding hydrogens is 428 g/mol.